The second-order valence-electron chi connectivity index (χ2n) is 6.28. The van der Waals surface area contributed by atoms with Crippen LogP contribution in [0.4, 0.5) is 5.69 Å². The van der Waals surface area contributed by atoms with E-state index in [1.165, 1.54) is 0 Å². The van der Waals surface area contributed by atoms with Gasteiger partial charge in [-0.25, -0.2) is 0 Å². The summed E-state index contributed by atoms with van der Waals surface area (Å²) in [6, 6.07) is 12.9. The van der Waals surface area contributed by atoms with E-state index < -0.39 is 0 Å². The van der Waals surface area contributed by atoms with Gasteiger partial charge in [-0.05, 0) is 56.2 Å². The maximum absolute atomic E-state index is 12.2. The molecule has 0 aliphatic rings. The third-order valence-electron chi connectivity index (χ3n) is 3.77. The fourth-order valence-corrected chi connectivity index (χ4v) is 2.50. The molecule has 1 atom stereocenters. The summed E-state index contributed by atoms with van der Waals surface area (Å²) in [5.41, 5.74) is 8.23. The molecule has 1 unspecified atom stereocenters. The Morgan fingerprint density at radius 1 is 1.08 bits per heavy atom. The number of carbonyl (C=O) groups excluding carboxylic acids is 1. The van der Waals surface area contributed by atoms with E-state index >= 15 is 0 Å². The van der Waals surface area contributed by atoms with Gasteiger partial charge in [-0.15, -0.1) is 0 Å². The zero-order valence-electron chi connectivity index (χ0n) is 15.2. The van der Waals surface area contributed by atoms with Crippen molar-refractivity contribution in [3.63, 3.8) is 0 Å². The number of hydrogen-bond donors (Lipinski definition) is 2. The van der Waals surface area contributed by atoms with Crippen molar-refractivity contribution in [3.8, 4) is 11.5 Å². The van der Waals surface area contributed by atoms with Gasteiger partial charge < -0.3 is 20.5 Å². The number of amides is 1. The van der Waals surface area contributed by atoms with Crippen LogP contribution in [0.2, 0.25) is 0 Å². The fourth-order valence-electron chi connectivity index (χ4n) is 2.50. The van der Waals surface area contributed by atoms with Crippen molar-refractivity contribution in [3.05, 3.63) is 53.6 Å². The van der Waals surface area contributed by atoms with Crippen LogP contribution in [0.15, 0.2) is 42.5 Å². The van der Waals surface area contributed by atoms with Crippen LogP contribution in [-0.2, 0) is 11.2 Å². The molecule has 0 radical (unpaired) electrons. The number of nitrogen functional groups attached to an aromatic ring is 1. The number of carbonyl (C=O) groups is 1. The van der Waals surface area contributed by atoms with E-state index in [1.54, 1.807) is 19.2 Å². The van der Waals surface area contributed by atoms with Crippen LogP contribution in [0.1, 0.15) is 37.9 Å². The molecule has 0 fully saturated rings. The Balaban J connectivity index is 2.03. The summed E-state index contributed by atoms with van der Waals surface area (Å²) in [6.45, 7) is 5.87. The normalized spacial score (nSPS) is 11.9. The van der Waals surface area contributed by atoms with Crippen molar-refractivity contribution < 1.29 is 14.3 Å². The maximum atomic E-state index is 12.2. The van der Waals surface area contributed by atoms with Gasteiger partial charge in [0.05, 0.1) is 25.7 Å². The molecule has 25 heavy (non-hydrogen) atoms. The number of nitrogens with one attached hydrogen (secondary N) is 1. The zero-order valence-corrected chi connectivity index (χ0v) is 15.2. The molecule has 0 saturated carbocycles. The highest BCUT2D eigenvalue weighted by molar-refractivity contribution is 5.79. The molecule has 0 aliphatic carbocycles. The molecule has 2 rings (SSSR count). The highest BCUT2D eigenvalue weighted by Crippen LogP contribution is 2.31. The molecule has 0 bridgehead atoms. The minimum atomic E-state index is -0.136. The number of anilines is 1. The summed E-state index contributed by atoms with van der Waals surface area (Å²) in [6.07, 6.45) is 0.382. The highest BCUT2D eigenvalue weighted by atomic mass is 16.5. The van der Waals surface area contributed by atoms with Crippen molar-refractivity contribution in [2.75, 3.05) is 12.8 Å². The van der Waals surface area contributed by atoms with Gasteiger partial charge in [0.25, 0.3) is 0 Å². The maximum Gasteiger partial charge on any atom is 0.224 e. The summed E-state index contributed by atoms with van der Waals surface area (Å²) in [4.78, 5) is 12.2. The monoisotopic (exact) mass is 342 g/mol. The Hall–Kier alpha value is -2.69. The van der Waals surface area contributed by atoms with Crippen LogP contribution >= 0.6 is 0 Å². The lowest BCUT2D eigenvalue weighted by molar-refractivity contribution is -0.121. The Kier molecular flexibility index (Phi) is 6.28. The Labute approximate surface area is 149 Å². The van der Waals surface area contributed by atoms with Crippen molar-refractivity contribution in [1.29, 1.82) is 0 Å². The first-order valence-corrected chi connectivity index (χ1v) is 8.37. The van der Waals surface area contributed by atoms with Gasteiger partial charge in [0, 0.05) is 5.69 Å². The predicted octanol–water partition coefficient (Wildman–Crippen LogP) is 3.48. The molecule has 5 heteroatoms. The van der Waals surface area contributed by atoms with E-state index in [0.29, 0.717) is 23.6 Å². The van der Waals surface area contributed by atoms with Crippen LogP contribution in [-0.4, -0.2) is 19.1 Å². The molecule has 2 aromatic rings. The summed E-state index contributed by atoms with van der Waals surface area (Å²) in [5, 5.41) is 3.00. The predicted molar refractivity (Wildman–Crippen MR) is 99.9 cm³/mol. The molecule has 0 saturated heterocycles. The SMILES string of the molecule is COc1cc(C(C)NC(=O)Cc2ccc(N)cc2)ccc1OC(C)C. The van der Waals surface area contributed by atoms with Gasteiger partial charge in [0.2, 0.25) is 5.91 Å². The van der Waals surface area contributed by atoms with E-state index in [0.717, 1.165) is 11.1 Å². The van der Waals surface area contributed by atoms with Crippen LogP contribution in [0.5, 0.6) is 11.5 Å². The third kappa shape index (κ3) is 5.41. The number of ether oxygens (including phenoxy) is 2. The highest BCUT2D eigenvalue weighted by Gasteiger charge is 2.14. The molecule has 0 heterocycles. The molecule has 134 valence electrons. The molecule has 5 nitrogen and oxygen atoms in total. The second-order valence-corrected chi connectivity index (χ2v) is 6.28. The van der Waals surface area contributed by atoms with Crippen molar-refractivity contribution >= 4 is 11.6 Å². The minimum absolute atomic E-state index is 0.0428. The molecule has 0 aliphatic heterocycles. The van der Waals surface area contributed by atoms with Gasteiger partial charge in [0.15, 0.2) is 11.5 Å². The lowest BCUT2D eigenvalue weighted by atomic mass is 10.1. The number of rotatable bonds is 7. The van der Waals surface area contributed by atoms with E-state index in [-0.39, 0.29) is 18.1 Å². The molecule has 0 aromatic heterocycles. The number of methoxy groups -OCH3 is 1. The first kappa shape index (κ1) is 18.6. The number of hydrogen-bond acceptors (Lipinski definition) is 4. The molecule has 0 spiro atoms. The van der Waals surface area contributed by atoms with Crippen LogP contribution < -0.4 is 20.5 Å². The van der Waals surface area contributed by atoms with Gasteiger partial charge >= 0.3 is 0 Å². The average Bonchev–Trinajstić information content (AvgIpc) is 2.56. The molecular weight excluding hydrogens is 316 g/mol. The van der Waals surface area contributed by atoms with Gasteiger partial charge in [-0.3, -0.25) is 4.79 Å². The Bertz CT molecular complexity index is 711. The summed E-state index contributed by atoms with van der Waals surface area (Å²) >= 11 is 0. The lowest BCUT2D eigenvalue weighted by Crippen LogP contribution is -2.28. The molecular formula is C20H26N2O3. The van der Waals surface area contributed by atoms with Gasteiger partial charge in [0.1, 0.15) is 0 Å². The minimum Gasteiger partial charge on any atom is -0.493 e. The largest absolute Gasteiger partial charge is 0.493 e. The second kappa shape index (κ2) is 8.42. The standard InChI is InChI=1S/C20H26N2O3/c1-13(2)25-18-10-7-16(12-19(18)24-4)14(3)22-20(23)11-15-5-8-17(21)9-6-15/h5-10,12-14H,11,21H2,1-4H3,(H,22,23). The smallest absolute Gasteiger partial charge is 0.224 e. The topological polar surface area (TPSA) is 73.6 Å². The molecule has 2 aromatic carbocycles. The van der Waals surface area contributed by atoms with Crippen molar-refractivity contribution in [2.24, 2.45) is 0 Å². The van der Waals surface area contributed by atoms with Crippen LogP contribution in [0.25, 0.3) is 0 Å². The molecule has 1 amide bonds. The van der Waals surface area contributed by atoms with E-state index in [1.807, 2.05) is 51.1 Å². The third-order valence-corrected chi connectivity index (χ3v) is 3.77. The van der Waals surface area contributed by atoms with Crippen molar-refractivity contribution in [2.45, 2.75) is 39.3 Å². The fraction of sp³-hybridized carbons (Fsp3) is 0.350. The van der Waals surface area contributed by atoms with Gasteiger partial charge in [-0.1, -0.05) is 18.2 Å². The summed E-state index contributed by atoms with van der Waals surface area (Å²) in [7, 11) is 1.61. The lowest BCUT2D eigenvalue weighted by Gasteiger charge is -2.18. The van der Waals surface area contributed by atoms with E-state index in [4.69, 9.17) is 15.2 Å². The number of benzene rings is 2. The van der Waals surface area contributed by atoms with Gasteiger partial charge in [-0.2, -0.15) is 0 Å². The first-order chi connectivity index (χ1) is 11.9. The van der Waals surface area contributed by atoms with Crippen LogP contribution in [0, 0.1) is 0 Å². The van der Waals surface area contributed by atoms with Crippen molar-refractivity contribution in [1.82, 2.24) is 5.32 Å². The van der Waals surface area contributed by atoms with E-state index in [9.17, 15) is 4.79 Å². The summed E-state index contributed by atoms with van der Waals surface area (Å²) in [5.74, 6) is 1.31. The summed E-state index contributed by atoms with van der Waals surface area (Å²) < 4.78 is 11.1. The Morgan fingerprint density at radius 3 is 2.36 bits per heavy atom. The molecule has 3 N–H and O–H groups in total. The van der Waals surface area contributed by atoms with E-state index in [2.05, 4.69) is 5.32 Å². The Morgan fingerprint density at radius 2 is 1.76 bits per heavy atom. The van der Waals surface area contributed by atoms with Crippen LogP contribution in [0.3, 0.4) is 0 Å². The zero-order chi connectivity index (χ0) is 18.4. The number of nitrogens with two attached hydrogens (primary N) is 1. The average molecular weight is 342 g/mol. The quantitative estimate of drug-likeness (QED) is 0.756. The first-order valence-electron chi connectivity index (χ1n) is 8.37.